The maximum Gasteiger partial charge on any atom is 0.269 e. The summed E-state index contributed by atoms with van der Waals surface area (Å²) in [5.74, 6) is 1.31. The van der Waals surface area contributed by atoms with Gasteiger partial charge in [-0.15, -0.1) is 0 Å². The predicted octanol–water partition coefficient (Wildman–Crippen LogP) is 5.33. The molecular formula is C23H23N3O4. The fourth-order valence-corrected chi connectivity index (χ4v) is 2.76. The topological polar surface area (TPSA) is 86.0 Å². The largest absolute Gasteiger partial charge is 0.490 e. The Labute approximate surface area is 175 Å². The van der Waals surface area contributed by atoms with Crippen molar-refractivity contribution < 1.29 is 14.4 Å². The number of hydrogen-bond acceptors (Lipinski definition) is 6. The fourth-order valence-electron chi connectivity index (χ4n) is 2.76. The molecule has 0 amide bonds. The number of hydrogen-bond donors (Lipinski definition) is 1. The summed E-state index contributed by atoms with van der Waals surface area (Å²) in [5, 5.41) is 14.9. The van der Waals surface area contributed by atoms with Crippen LogP contribution in [0.5, 0.6) is 11.5 Å². The molecule has 0 aliphatic heterocycles. The summed E-state index contributed by atoms with van der Waals surface area (Å²) in [5.41, 5.74) is 6.67. The number of aryl methyl sites for hydroxylation is 1. The molecular weight excluding hydrogens is 382 g/mol. The summed E-state index contributed by atoms with van der Waals surface area (Å²) in [7, 11) is 0. The molecule has 0 radical (unpaired) electrons. The molecule has 0 aromatic heterocycles. The van der Waals surface area contributed by atoms with Gasteiger partial charge in [0.05, 0.1) is 23.4 Å². The van der Waals surface area contributed by atoms with Gasteiger partial charge in [-0.3, -0.25) is 15.5 Å². The van der Waals surface area contributed by atoms with Crippen molar-refractivity contribution >= 4 is 17.6 Å². The Morgan fingerprint density at radius 2 is 1.80 bits per heavy atom. The second-order valence-corrected chi connectivity index (χ2v) is 6.53. The Morgan fingerprint density at radius 1 is 1.03 bits per heavy atom. The van der Waals surface area contributed by atoms with Crippen LogP contribution in [0.2, 0.25) is 0 Å². The van der Waals surface area contributed by atoms with Crippen LogP contribution in [0.4, 0.5) is 11.4 Å². The average molecular weight is 405 g/mol. The zero-order valence-corrected chi connectivity index (χ0v) is 16.9. The number of nitrogens with zero attached hydrogens (tertiary/aromatic N) is 2. The second kappa shape index (κ2) is 10.1. The van der Waals surface area contributed by atoms with E-state index in [0.29, 0.717) is 30.4 Å². The molecule has 0 bridgehead atoms. The first-order valence-electron chi connectivity index (χ1n) is 9.54. The van der Waals surface area contributed by atoms with Crippen molar-refractivity contribution in [1.82, 2.24) is 0 Å². The second-order valence-electron chi connectivity index (χ2n) is 6.53. The molecule has 0 saturated heterocycles. The standard InChI is InChI=1S/C23H23N3O4/c1-3-29-23-14-18(15-24-25-20-9-11-21(12-10-20)26(27)28)8-13-22(23)30-16-19-7-5-4-6-17(19)2/h4-15,25H,3,16H2,1-2H3. The molecule has 0 unspecified atom stereocenters. The van der Waals surface area contributed by atoms with Crippen LogP contribution >= 0.6 is 0 Å². The van der Waals surface area contributed by atoms with Gasteiger partial charge in [0, 0.05) is 12.1 Å². The van der Waals surface area contributed by atoms with Crippen molar-refractivity contribution in [2.45, 2.75) is 20.5 Å². The number of nitrogens with one attached hydrogen (secondary N) is 1. The first-order valence-corrected chi connectivity index (χ1v) is 9.54. The van der Waals surface area contributed by atoms with Crippen LogP contribution in [0.1, 0.15) is 23.6 Å². The van der Waals surface area contributed by atoms with Crippen molar-refractivity contribution in [2.24, 2.45) is 5.10 Å². The van der Waals surface area contributed by atoms with Crippen LogP contribution in [-0.2, 0) is 6.61 Å². The minimum Gasteiger partial charge on any atom is -0.490 e. The van der Waals surface area contributed by atoms with Gasteiger partial charge >= 0.3 is 0 Å². The van der Waals surface area contributed by atoms with E-state index in [1.54, 1.807) is 18.3 Å². The van der Waals surface area contributed by atoms with Crippen LogP contribution in [-0.4, -0.2) is 17.7 Å². The van der Waals surface area contributed by atoms with Crippen molar-refractivity contribution in [2.75, 3.05) is 12.0 Å². The number of nitro groups is 1. The maximum absolute atomic E-state index is 10.7. The summed E-state index contributed by atoms with van der Waals surface area (Å²) >= 11 is 0. The SMILES string of the molecule is CCOc1cc(C=NNc2ccc([N+](=O)[O-])cc2)ccc1OCc1ccccc1C. The van der Waals surface area contributed by atoms with E-state index < -0.39 is 4.92 Å². The highest BCUT2D eigenvalue weighted by atomic mass is 16.6. The third kappa shape index (κ3) is 5.57. The van der Waals surface area contributed by atoms with E-state index in [0.717, 1.165) is 11.1 Å². The molecule has 3 rings (SSSR count). The maximum atomic E-state index is 10.7. The number of anilines is 1. The molecule has 154 valence electrons. The normalized spacial score (nSPS) is 10.7. The number of rotatable bonds is 9. The summed E-state index contributed by atoms with van der Waals surface area (Å²) in [4.78, 5) is 10.3. The lowest BCUT2D eigenvalue weighted by Crippen LogP contribution is -2.01. The molecule has 0 saturated carbocycles. The van der Waals surface area contributed by atoms with E-state index in [1.165, 1.54) is 17.7 Å². The van der Waals surface area contributed by atoms with Crippen LogP contribution in [0.3, 0.4) is 0 Å². The van der Waals surface area contributed by atoms with Gasteiger partial charge in [0.25, 0.3) is 5.69 Å². The summed E-state index contributed by atoms with van der Waals surface area (Å²) in [6, 6.07) is 19.7. The molecule has 3 aromatic rings. The third-order valence-corrected chi connectivity index (χ3v) is 4.40. The van der Waals surface area contributed by atoms with Gasteiger partial charge in [0.2, 0.25) is 0 Å². The Morgan fingerprint density at radius 3 is 2.50 bits per heavy atom. The lowest BCUT2D eigenvalue weighted by Gasteiger charge is -2.13. The molecule has 3 aromatic carbocycles. The minimum atomic E-state index is -0.439. The Balaban J connectivity index is 1.67. The lowest BCUT2D eigenvalue weighted by molar-refractivity contribution is -0.384. The zero-order chi connectivity index (χ0) is 21.3. The summed E-state index contributed by atoms with van der Waals surface area (Å²) < 4.78 is 11.7. The van der Waals surface area contributed by atoms with Gasteiger partial charge < -0.3 is 9.47 Å². The van der Waals surface area contributed by atoms with Gasteiger partial charge in [-0.05, 0) is 60.9 Å². The molecule has 7 nitrogen and oxygen atoms in total. The van der Waals surface area contributed by atoms with E-state index in [4.69, 9.17) is 9.47 Å². The van der Waals surface area contributed by atoms with Crippen molar-refractivity contribution in [1.29, 1.82) is 0 Å². The summed E-state index contributed by atoms with van der Waals surface area (Å²) in [6.45, 7) is 4.95. The first kappa shape index (κ1) is 20.9. The highest BCUT2D eigenvalue weighted by molar-refractivity contribution is 5.81. The zero-order valence-electron chi connectivity index (χ0n) is 16.9. The first-order chi connectivity index (χ1) is 14.6. The molecule has 0 fully saturated rings. The van der Waals surface area contributed by atoms with Gasteiger partial charge in [-0.1, -0.05) is 24.3 Å². The molecule has 0 atom stereocenters. The van der Waals surface area contributed by atoms with Gasteiger partial charge in [0.15, 0.2) is 11.5 Å². The average Bonchev–Trinajstić information content (AvgIpc) is 2.75. The van der Waals surface area contributed by atoms with E-state index >= 15 is 0 Å². The van der Waals surface area contributed by atoms with Gasteiger partial charge in [-0.25, -0.2) is 0 Å². The minimum absolute atomic E-state index is 0.0344. The number of non-ortho nitro benzene ring substituents is 1. The van der Waals surface area contributed by atoms with Crippen LogP contribution < -0.4 is 14.9 Å². The van der Waals surface area contributed by atoms with E-state index in [-0.39, 0.29) is 5.69 Å². The molecule has 0 spiro atoms. The molecule has 30 heavy (non-hydrogen) atoms. The van der Waals surface area contributed by atoms with Crippen LogP contribution in [0.15, 0.2) is 71.8 Å². The molecule has 0 aliphatic rings. The van der Waals surface area contributed by atoms with E-state index in [1.807, 2.05) is 43.3 Å². The highest BCUT2D eigenvalue weighted by Gasteiger charge is 2.08. The monoisotopic (exact) mass is 405 g/mol. The van der Waals surface area contributed by atoms with Crippen LogP contribution in [0.25, 0.3) is 0 Å². The summed E-state index contributed by atoms with van der Waals surface area (Å²) in [6.07, 6.45) is 1.65. The third-order valence-electron chi connectivity index (χ3n) is 4.40. The van der Waals surface area contributed by atoms with E-state index in [2.05, 4.69) is 23.5 Å². The Kier molecular flexibility index (Phi) is 7.00. The highest BCUT2D eigenvalue weighted by Crippen LogP contribution is 2.29. The van der Waals surface area contributed by atoms with Crippen molar-refractivity contribution in [3.63, 3.8) is 0 Å². The Hall–Kier alpha value is -3.87. The quantitative estimate of drug-likeness (QED) is 0.295. The number of hydrazone groups is 1. The number of benzene rings is 3. The molecule has 1 N–H and O–H groups in total. The predicted molar refractivity (Wildman–Crippen MR) is 117 cm³/mol. The smallest absolute Gasteiger partial charge is 0.269 e. The lowest BCUT2D eigenvalue weighted by atomic mass is 10.1. The van der Waals surface area contributed by atoms with Crippen molar-refractivity contribution in [3.8, 4) is 11.5 Å². The number of ether oxygens (including phenoxy) is 2. The Bertz CT molecular complexity index is 1030. The van der Waals surface area contributed by atoms with Crippen LogP contribution in [0, 0.1) is 17.0 Å². The number of nitro benzene ring substituents is 1. The fraction of sp³-hybridized carbons (Fsp3) is 0.174. The van der Waals surface area contributed by atoms with Gasteiger partial charge in [0.1, 0.15) is 6.61 Å². The molecule has 7 heteroatoms. The molecule has 0 heterocycles. The van der Waals surface area contributed by atoms with Crippen molar-refractivity contribution in [3.05, 3.63) is 93.5 Å². The molecule has 0 aliphatic carbocycles. The van der Waals surface area contributed by atoms with Gasteiger partial charge in [-0.2, -0.15) is 5.10 Å². The van der Waals surface area contributed by atoms with E-state index in [9.17, 15) is 10.1 Å².